The average Bonchev–Trinajstić information content (AvgIpc) is 3.44. The van der Waals surface area contributed by atoms with Gasteiger partial charge in [-0.05, 0) is 77.2 Å². The predicted molar refractivity (Wildman–Crippen MR) is 158 cm³/mol. The van der Waals surface area contributed by atoms with Gasteiger partial charge in [0.15, 0.2) is 5.69 Å². The second kappa shape index (κ2) is 12.1. The van der Waals surface area contributed by atoms with Gasteiger partial charge in [0.1, 0.15) is 0 Å². The molecule has 0 saturated carbocycles. The van der Waals surface area contributed by atoms with Gasteiger partial charge in [-0.1, -0.05) is 36.1 Å². The van der Waals surface area contributed by atoms with E-state index in [2.05, 4.69) is 76.7 Å². The summed E-state index contributed by atoms with van der Waals surface area (Å²) < 4.78 is 1.70. The summed E-state index contributed by atoms with van der Waals surface area (Å²) >= 11 is 0. The molecule has 1 aromatic heterocycles. The number of carbonyl (C=O) groups excluding carboxylic acids is 2. The number of likely N-dealkylation sites (N-methyl/N-ethyl adjacent to an activating group) is 1. The Kier molecular flexibility index (Phi) is 8.81. The van der Waals surface area contributed by atoms with Crippen LogP contribution in [0.3, 0.4) is 0 Å². The molecule has 0 aliphatic carbocycles. The van der Waals surface area contributed by atoms with Crippen LogP contribution in [-0.2, 0) is 16.9 Å². The smallest absolute Gasteiger partial charge is 0.273 e. The van der Waals surface area contributed by atoms with Gasteiger partial charge in [-0.2, -0.15) is 0 Å². The van der Waals surface area contributed by atoms with Gasteiger partial charge in [-0.15, -0.1) is 5.10 Å². The largest absolute Gasteiger partial charge is 0.383 e. The average molecular weight is 546 g/mol. The molecular weight excluding hydrogens is 502 g/mol. The normalized spacial score (nSPS) is 19.3. The second-order valence-corrected chi connectivity index (χ2v) is 11.7. The van der Waals surface area contributed by atoms with Crippen molar-refractivity contribution in [3.8, 4) is 0 Å². The molecule has 2 N–H and O–H groups in total. The number of aryl methyl sites for hydroxylation is 1. The van der Waals surface area contributed by atoms with E-state index in [4.69, 9.17) is 0 Å². The number of hydrogen-bond acceptors (Lipinski definition) is 6. The molecule has 2 aliphatic heterocycles. The maximum atomic E-state index is 12.7. The summed E-state index contributed by atoms with van der Waals surface area (Å²) in [4.78, 5) is 29.5. The van der Waals surface area contributed by atoms with Crippen LogP contribution in [0.25, 0.3) is 5.57 Å². The molecule has 2 atom stereocenters. The first-order valence-corrected chi connectivity index (χ1v) is 14.2. The van der Waals surface area contributed by atoms with Crippen LogP contribution in [0.4, 0.5) is 0 Å². The Morgan fingerprint density at radius 2 is 2.08 bits per heavy atom. The van der Waals surface area contributed by atoms with Crippen LogP contribution in [0.5, 0.6) is 0 Å². The highest BCUT2D eigenvalue weighted by atomic mass is 16.2. The van der Waals surface area contributed by atoms with E-state index in [1.807, 2.05) is 32.6 Å². The highest BCUT2D eigenvalue weighted by Crippen LogP contribution is 2.32. The number of nitrogens with one attached hydrogen (secondary N) is 2. The number of likely N-dealkylation sites (tertiary alicyclic amines) is 1. The number of piperidine rings is 1. The fourth-order valence-electron chi connectivity index (χ4n) is 5.34. The summed E-state index contributed by atoms with van der Waals surface area (Å²) in [6.07, 6.45) is 9.49. The molecule has 1 saturated heterocycles. The van der Waals surface area contributed by atoms with E-state index >= 15 is 0 Å². The number of hydrogen-bond donors (Lipinski definition) is 2. The Hall–Kier alpha value is -3.88. The zero-order chi connectivity index (χ0) is 29.0. The zero-order valence-electron chi connectivity index (χ0n) is 24.7. The van der Waals surface area contributed by atoms with E-state index in [9.17, 15) is 9.59 Å². The lowest BCUT2D eigenvalue weighted by Crippen LogP contribution is -2.50. The van der Waals surface area contributed by atoms with Crippen LogP contribution in [0.15, 0.2) is 55.0 Å². The van der Waals surface area contributed by atoms with E-state index in [0.29, 0.717) is 18.8 Å². The lowest BCUT2D eigenvalue weighted by Gasteiger charge is -2.42. The summed E-state index contributed by atoms with van der Waals surface area (Å²) in [6.45, 7) is 18.8. The summed E-state index contributed by atoms with van der Waals surface area (Å²) in [5.74, 6) is -0.249. The zero-order valence-corrected chi connectivity index (χ0v) is 24.7. The topological polar surface area (TPSA) is 95.4 Å². The van der Waals surface area contributed by atoms with Crippen LogP contribution in [0.1, 0.15) is 74.6 Å². The molecule has 2 aliphatic rings. The maximum absolute atomic E-state index is 12.7. The van der Waals surface area contributed by atoms with Crippen LogP contribution in [0, 0.1) is 6.92 Å². The van der Waals surface area contributed by atoms with Crippen molar-refractivity contribution in [2.24, 2.45) is 0 Å². The van der Waals surface area contributed by atoms with Crippen molar-refractivity contribution in [3.63, 3.8) is 0 Å². The van der Waals surface area contributed by atoms with Gasteiger partial charge in [-0.3, -0.25) is 9.59 Å². The Balaban J connectivity index is 1.48. The summed E-state index contributed by atoms with van der Waals surface area (Å²) in [6, 6.07) is 6.76. The molecule has 1 unspecified atom stereocenters. The van der Waals surface area contributed by atoms with E-state index < -0.39 is 0 Å². The molecule has 4 rings (SSSR count). The summed E-state index contributed by atoms with van der Waals surface area (Å²) in [7, 11) is 0. The van der Waals surface area contributed by atoms with Gasteiger partial charge in [0.2, 0.25) is 5.91 Å². The van der Waals surface area contributed by atoms with E-state index in [-0.39, 0.29) is 29.4 Å². The van der Waals surface area contributed by atoms with E-state index in [1.165, 1.54) is 11.6 Å². The predicted octanol–water partition coefficient (Wildman–Crippen LogP) is 3.99. The Morgan fingerprint density at radius 1 is 1.30 bits per heavy atom. The standard InChI is InChI=1S/C31H43N7O2/c1-8-29(39)37(9-2)25-11-10-14-36(19-25)28-18-32-22(4)16-26(28)23-12-13-24(21(3)15-23)17-33-30(40)27-20-38(35-34-27)31(5,6)7/h8,12-13,15-16,18,20,22,25,32H,1,9-11,14,17,19H2,2-7H3,(H,33,40)/t22?,25-/m1/s1. The fraction of sp³-hybridized carbons (Fsp3) is 0.484. The molecular formula is C31H43N7O2. The van der Waals surface area contributed by atoms with Crippen molar-refractivity contribution in [3.05, 3.63) is 77.4 Å². The number of amides is 2. The van der Waals surface area contributed by atoms with Crippen molar-refractivity contribution in [2.45, 2.75) is 78.6 Å². The van der Waals surface area contributed by atoms with Gasteiger partial charge in [0.25, 0.3) is 5.91 Å². The van der Waals surface area contributed by atoms with Crippen molar-refractivity contribution in [2.75, 3.05) is 19.6 Å². The molecule has 2 amide bonds. The van der Waals surface area contributed by atoms with Crippen molar-refractivity contribution in [1.82, 2.24) is 35.4 Å². The quantitative estimate of drug-likeness (QED) is 0.487. The minimum atomic E-state index is -0.241. The van der Waals surface area contributed by atoms with Crippen LogP contribution in [-0.4, -0.2) is 68.3 Å². The highest BCUT2D eigenvalue weighted by molar-refractivity contribution is 5.91. The number of benzene rings is 1. The first kappa shape index (κ1) is 29.1. The van der Waals surface area contributed by atoms with Crippen molar-refractivity contribution < 1.29 is 9.59 Å². The molecule has 1 fully saturated rings. The van der Waals surface area contributed by atoms with Crippen LogP contribution >= 0.6 is 0 Å². The number of allylic oxidation sites excluding steroid dienone is 1. The van der Waals surface area contributed by atoms with Gasteiger partial charge in [0.05, 0.1) is 17.4 Å². The van der Waals surface area contributed by atoms with Gasteiger partial charge in [-0.25, -0.2) is 4.68 Å². The van der Waals surface area contributed by atoms with Gasteiger partial charge in [0, 0.05) is 50.0 Å². The Bertz CT molecular complexity index is 1320. The molecule has 0 bridgehead atoms. The first-order valence-electron chi connectivity index (χ1n) is 14.2. The molecule has 40 heavy (non-hydrogen) atoms. The summed E-state index contributed by atoms with van der Waals surface area (Å²) in [5, 5.41) is 14.6. The molecule has 9 heteroatoms. The third kappa shape index (κ3) is 6.46. The monoisotopic (exact) mass is 545 g/mol. The molecule has 214 valence electrons. The van der Waals surface area contributed by atoms with Crippen molar-refractivity contribution >= 4 is 17.4 Å². The minimum Gasteiger partial charge on any atom is -0.383 e. The summed E-state index contributed by atoms with van der Waals surface area (Å²) in [5.41, 5.74) is 5.69. The van der Waals surface area contributed by atoms with Gasteiger partial charge < -0.3 is 20.4 Å². The number of nitrogens with zero attached hydrogens (tertiary/aromatic N) is 5. The third-order valence-corrected chi connectivity index (χ3v) is 7.66. The van der Waals surface area contributed by atoms with Crippen LogP contribution in [0.2, 0.25) is 0 Å². The molecule has 1 aromatic carbocycles. The van der Waals surface area contributed by atoms with Crippen LogP contribution < -0.4 is 10.6 Å². The molecule has 0 spiro atoms. The number of aromatic nitrogens is 3. The second-order valence-electron chi connectivity index (χ2n) is 11.7. The number of rotatable bonds is 8. The highest BCUT2D eigenvalue weighted by Gasteiger charge is 2.30. The Morgan fingerprint density at radius 3 is 2.73 bits per heavy atom. The number of carbonyl (C=O) groups is 2. The molecule has 9 nitrogen and oxygen atoms in total. The lowest BCUT2D eigenvalue weighted by atomic mass is 9.93. The molecule has 3 heterocycles. The lowest BCUT2D eigenvalue weighted by molar-refractivity contribution is -0.128. The van der Waals surface area contributed by atoms with E-state index in [1.54, 1.807) is 10.9 Å². The van der Waals surface area contributed by atoms with E-state index in [0.717, 1.165) is 48.3 Å². The molecule has 0 radical (unpaired) electrons. The maximum Gasteiger partial charge on any atom is 0.273 e. The fourth-order valence-corrected chi connectivity index (χ4v) is 5.34. The van der Waals surface area contributed by atoms with Crippen molar-refractivity contribution in [1.29, 1.82) is 0 Å². The Labute approximate surface area is 238 Å². The first-order chi connectivity index (χ1) is 19.0. The molecule has 2 aromatic rings. The van der Waals surface area contributed by atoms with Gasteiger partial charge >= 0.3 is 0 Å². The third-order valence-electron chi connectivity index (χ3n) is 7.66. The number of dihydropyridines is 1. The minimum absolute atomic E-state index is 0.00777. The SMILES string of the molecule is C=CC(=O)N(CC)[C@@H]1CCCN(C2=CNC(C)C=C2c2ccc(CNC(=O)c3cn(C(C)(C)C)nn3)c(C)c2)C1.